The Morgan fingerprint density at radius 3 is 2.46 bits per heavy atom. The minimum absolute atomic E-state index is 0.0128. The van der Waals surface area contributed by atoms with Gasteiger partial charge in [-0.15, -0.1) is 0 Å². The molecule has 2 aromatic carbocycles. The predicted octanol–water partition coefficient (Wildman–Crippen LogP) is 4.23. The number of rotatable bonds is 3. The smallest absolute Gasteiger partial charge is 0.268 e. The van der Waals surface area contributed by atoms with E-state index in [0.29, 0.717) is 16.1 Å². The van der Waals surface area contributed by atoms with Gasteiger partial charge in [-0.2, -0.15) is 5.26 Å². The molecule has 0 saturated carbocycles. The quantitative estimate of drug-likeness (QED) is 0.717. The molecule has 0 bridgehead atoms. The van der Waals surface area contributed by atoms with Crippen molar-refractivity contribution in [2.45, 2.75) is 6.54 Å². The number of benzene rings is 2. The zero-order valence-electron chi connectivity index (χ0n) is 12.5. The zero-order valence-corrected chi connectivity index (χ0v) is 13.3. The molecule has 0 aliphatic rings. The molecule has 0 aliphatic carbocycles. The molecule has 0 unspecified atom stereocenters. The summed E-state index contributed by atoms with van der Waals surface area (Å²) in [6.45, 7) is 0.0572. The molecule has 24 heavy (non-hydrogen) atoms. The van der Waals surface area contributed by atoms with Crippen LogP contribution in [0.5, 0.6) is 0 Å². The summed E-state index contributed by atoms with van der Waals surface area (Å²) in [4.78, 5) is 12.4. The molecule has 0 radical (unpaired) electrons. The Labute approximate surface area is 143 Å². The van der Waals surface area contributed by atoms with Gasteiger partial charge in [0.15, 0.2) is 0 Å². The first-order valence-corrected chi connectivity index (χ1v) is 7.60. The van der Waals surface area contributed by atoms with Crippen LogP contribution in [-0.4, -0.2) is 4.57 Å². The van der Waals surface area contributed by atoms with Crippen molar-refractivity contribution in [3.63, 3.8) is 0 Å². The summed E-state index contributed by atoms with van der Waals surface area (Å²) in [5, 5.41) is 9.82. The van der Waals surface area contributed by atoms with Crippen LogP contribution >= 0.6 is 11.6 Å². The van der Waals surface area contributed by atoms with E-state index >= 15 is 0 Å². The van der Waals surface area contributed by atoms with Gasteiger partial charge in [-0.1, -0.05) is 41.9 Å². The van der Waals surface area contributed by atoms with Gasteiger partial charge in [-0.3, -0.25) is 4.79 Å². The van der Waals surface area contributed by atoms with Gasteiger partial charge >= 0.3 is 0 Å². The molecular formula is C19H12ClFN2O. The Bertz CT molecular complexity index is 987. The molecule has 0 aliphatic heterocycles. The number of hydrogen-bond donors (Lipinski definition) is 0. The second-order valence-corrected chi connectivity index (χ2v) is 5.72. The van der Waals surface area contributed by atoms with Crippen molar-refractivity contribution in [2.24, 2.45) is 0 Å². The van der Waals surface area contributed by atoms with Crippen molar-refractivity contribution in [3.05, 3.63) is 93.1 Å². The van der Waals surface area contributed by atoms with Crippen LogP contribution < -0.4 is 5.56 Å². The van der Waals surface area contributed by atoms with Crippen molar-refractivity contribution in [1.29, 1.82) is 5.26 Å². The van der Waals surface area contributed by atoms with Crippen molar-refractivity contribution in [1.82, 2.24) is 4.57 Å². The molecule has 0 amide bonds. The van der Waals surface area contributed by atoms with Crippen LogP contribution in [0.2, 0.25) is 5.02 Å². The van der Waals surface area contributed by atoms with Crippen molar-refractivity contribution < 1.29 is 4.39 Å². The highest BCUT2D eigenvalue weighted by Gasteiger charge is 2.10. The fourth-order valence-corrected chi connectivity index (χ4v) is 2.57. The lowest BCUT2D eigenvalue weighted by Crippen LogP contribution is -2.23. The summed E-state index contributed by atoms with van der Waals surface area (Å²) < 4.78 is 15.2. The van der Waals surface area contributed by atoms with Gasteiger partial charge in [-0.05, 0) is 35.4 Å². The molecule has 0 saturated heterocycles. The minimum Gasteiger partial charge on any atom is -0.309 e. The van der Waals surface area contributed by atoms with E-state index in [1.807, 2.05) is 6.07 Å². The van der Waals surface area contributed by atoms with Gasteiger partial charge < -0.3 is 4.57 Å². The fraction of sp³-hybridized carbons (Fsp3) is 0.0526. The highest BCUT2D eigenvalue weighted by Crippen LogP contribution is 2.21. The van der Waals surface area contributed by atoms with Crippen LogP contribution in [-0.2, 0) is 6.54 Å². The van der Waals surface area contributed by atoms with Crippen LogP contribution in [0.25, 0.3) is 11.1 Å². The van der Waals surface area contributed by atoms with E-state index in [2.05, 4.69) is 0 Å². The zero-order chi connectivity index (χ0) is 17.1. The highest BCUT2D eigenvalue weighted by molar-refractivity contribution is 6.30. The molecule has 5 heteroatoms. The van der Waals surface area contributed by atoms with Crippen LogP contribution in [0.4, 0.5) is 4.39 Å². The van der Waals surface area contributed by atoms with Gasteiger partial charge in [0.2, 0.25) is 0 Å². The molecule has 1 heterocycles. The summed E-state index contributed by atoms with van der Waals surface area (Å²) in [5.74, 6) is -0.389. The van der Waals surface area contributed by atoms with E-state index < -0.39 is 5.56 Å². The lowest BCUT2D eigenvalue weighted by atomic mass is 10.1. The van der Waals surface area contributed by atoms with Crippen LogP contribution in [0.1, 0.15) is 11.1 Å². The number of nitrogens with zero attached hydrogens (tertiary/aromatic N) is 2. The van der Waals surface area contributed by atoms with Gasteiger partial charge in [-0.25, -0.2) is 4.39 Å². The number of pyridine rings is 1. The summed E-state index contributed by atoms with van der Waals surface area (Å²) in [6.07, 6.45) is 1.62. The van der Waals surface area contributed by atoms with Gasteiger partial charge in [0, 0.05) is 16.8 Å². The molecule has 0 N–H and O–H groups in total. The molecule has 0 spiro atoms. The first-order valence-electron chi connectivity index (χ1n) is 7.22. The van der Waals surface area contributed by atoms with E-state index in [0.717, 1.165) is 5.56 Å². The van der Waals surface area contributed by atoms with E-state index in [9.17, 15) is 14.4 Å². The van der Waals surface area contributed by atoms with Gasteiger partial charge in [0.25, 0.3) is 5.56 Å². The maximum Gasteiger partial charge on any atom is 0.268 e. The Kier molecular flexibility index (Phi) is 4.45. The van der Waals surface area contributed by atoms with E-state index in [4.69, 9.17) is 11.6 Å². The SMILES string of the molecule is N#Cc1cc(-c2ccc(Cl)cc2)cn(Cc2ccccc2F)c1=O. The van der Waals surface area contributed by atoms with Crippen LogP contribution in [0, 0.1) is 17.1 Å². The van der Waals surface area contributed by atoms with Gasteiger partial charge in [0.1, 0.15) is 17.4 Å². The molecule has 118 valence electrons. The van der Waals surface area contributed by atoms with E-state index in [-0.39, 0.29) is 17.9 Å². The molecule has 0 fully saturated rings. The molecular weight excluding hydrogens is 327 g/mol. The number of aromatic nitrogens is 1. The Morgan fingerprint density at radius 2 is 1.79 bits per heavy atom. The van der Waals surface area contributed by atoms with E-state index in [1.165, 1.54) is 16.7 Å². The first-order chi connectivity index (χ1) is 11.6. The maximum absolute atomic E-state index is 13.9. The fourth-order valence-electron chi connectivity index (χ4n) is 2.44. The average Bonchev–Trinajstić information content (AvgIpc) is 2.59. The monoisotopic (exact) mass is 338 g/mol. The number of nitriles is 1. The molecule has 3 aromatic rings. The van der Waals surface area contributed by atoms with Crippen molar-refractivity contribution >= 4 is 11.6 Å². The topological polar surface area (TPSA) is 45.8 Å². The third-order valence-electron chi connectivity index (χ3n) is 3.68. The first kappa shape index (κ1) is 16.0. The Balaban J connectivity index is 2.11. The van der Waals surface area contributed by atoms with Crippen LogP contribution in [0.3, 0.4) is 0 Å². The Morgan fingerprint density at radius 1 is 1.08 bits per heavy atom. The second-order valence-electron chi connectivity index (χ2n) is 5.29. The molecule has 3 rings (SSSR count). The summed E-state index contributed by atoms with van der Waals surface area (Å²) in [6, 6.07) is 16.8. The lowest BCUT2D eigenvalue weighted by molar-refractivity contribution is 0.596. The van der Waals surface area contributed by atoms with Gasteiger partial charge in [0.05, 0.1) is 6.54 Å². The molecule has 1 aromatic heterocycles. The standard InChI is InChI=1S/C19H12ClFN2O/c20-17-7-5-13(6-8-17)16-9-15(10-22)19(24)23(12-16)11-14-3-1-2-4-18(14)21/h1-9,12H,11H2. The minimum atomic E-state index is -0.446. The summed E-state index contributed by atoms with van der Waals surface area (Å²) in [5.41, 5.74) is 1.46. The van der Waals surface area contributed by atoms with Crippen LogP contribution in [0.15, 0.2) is 65.6 Å². The summed E-state index contributed by atoms with van der Waals surface area (Å²) >= 11 is 5.89. The maximum atomic E-state index is 13.9. The van der Waals surface area contributed by atoms with E-state index in [1.54, 1.807) is 48.7 Å². The third-order valence-corrected chi connectivity index (χ3v) is 3.93. The second kappa shape index (κ2) is 6.69. The summed E-state index contributed by atoms with van der Waals surface area (Å²) in [7, 11) is 0. The number of hydrogen-bond acceptors (Lipinski definition) is 2. The third kappa shape index (κ3) is 3.22. The largest absolute Gasteiger partial charge is 0.309 e. The molecule has 0 atom stereocenters. The number of halogens is 2. The normalized spacial score (nSPS) is 10.4. The Hall–Kier alpha value is -2.90. The lowest BCUT2D eigenvalue weighted by Gasteiger charge is -2.10. The van der Waals surface area contributed by atoms with Crippen molar-refractivity contribution in [2.75, 3.05) is 0 Å². The molecule has 3 nitrogen and oxygen atoms in total. The predicted molar refractivity (Wildman–Crippen MR) is 91.4 cm³/mol. The average molecular weight is 339 g/mol. The highest BCUT2D eigenvalue weighted by atomic mass is 35.5. The van der Waals surface area contributed by atoms with Crippen molar-refractivity contribution in [3.8, 4) is 17.2 Å².